The number of benzene rings is 1. The average Bonchev–Trinajstić information content (AvgIpc) is 2.78. The Balaban J connectivity index is 2.12. The van der Waals surface area contributed by atoms with Gasteiger partial charge in [0.1, 0.15) is 11.5 Å². The van der Waals surface area contributed by atoms with Crippen LogP contribution < -0.4 is 11.2 Å². The van der Waals surface area contributed by atoms with E-state index in [0.717, 1.165) is 5.56 Å². The summed E-state index contributed by atoms with van der Waals surface area (Å²) in [5.74, 6) is 1.20. The van der Waals surface area contributed by atoms with Crippen molar-refractivity contribution in [3.05, 3.63) is 47.2 Å². The highest BCUT2D eigenvalue weighted by atomic mass is 35.5. The molecule has 2 amide bonds. The highest BCUT2D eigenvalue weighted by molar-refractivity contribution is 6.30. The van der Waals surface area contributed by atoms with Crippen molar-refractivity contribution in [1.29, 1.82) is 0 Å². The summed E-state index contributed by atoms with van der Waals surface area (Å²) in [7, 11) is 0. The maximum Gasteiger partial charge on any atom is 0.332 e. The number of rotatable bonds is 3. The first kappa shape index (κ1) is 12.2. The molecule has 2 rings (SSSR count). The van der Waals surface area contributed by atoms with E-state index in [0.29, 0.717) is 16.5 Å². The maximum atomic E-state index is 10.4. The molecule has 2 aromatic rings. The standard InChI is InChI=1S/C12H10ClN3O2/c13-9-3-1-8(2-4-9)11-6-5-10(18-11)7-15-16-12(14)17/h1-7H,(H3,14,16,17)/b15-7-. The topological polar surface area (TPSA) is 80.6 Å². The Labute approximate surface area is 108 Å². The third-order valence-electron chi connectivity index (χ3n) is 2.12. The van der Waals surface area contributed by atoms with Crippen LogP contribution in [0.1, 0.15) is 5.76 Å². The number of nitrogens with two attached hydrogens (primary N) is 1. The molecule has 0 bridgehead atoms. The smallest absolute Gasteiger partial charge is 0.332 e. The third-order valence-corrected chi connectivity index (χ3v) is 2.37. The normalized spacial score (nSPS) is 10.7. The van der Waals surface area contributed by atoms with E-state index in [1.807, 2.05) is 12.1 Å². The largest absolute Gasteiger partial charge is 0.455 e. The van der Waals surface area contributed by atoms with E-state index in [-0.39, 0.29) is 0 Å². The number of hydrogen-bond acceptors (Lipinski definition) is 3. The molecular weight excluding hydrogens is 254 g/mol. The van der Waals surface area contributed by atoms with E-state index in [1.54, 1.807) is 24.3 Å². The van der Waals surface area contributed by atoms with Gasteiger partial charge in [0.2, 0.25) is 0 Å². The SMILES string of the molecule is NC(=O)N/N=C\c1ccc(-c2ccc(Cl)cc2)o1. The van der Waals surface area contributed by atoms with E-state index in [1.165, 1.54) is 6.21 Å². The molecule has 0 radical (unpaired) electrons. The summed E-state index contributed by atoms with van der Waals surface area (Å²) in [6.45, 7) is 0. The zero-order chi connectivity index (χ0) is 13.0. The average molecular weight is 264 g/mol. The number of amides is 2. The van der Waals surface area contributed by atoms with Gasteiger partial charge in [-0.2, -0.15) is 5.10 Å². The van der Waals surface area contributed by atoms with E-state index in [2.05, 4.69) is 10.5 Å². The molecule has 0 spiro atoms. The van der Waals surface area contributed by atoms with Gasteiger partial charge in [-0.15, -0.1) is 0 Å². The van der Waals surface area contributed by atoms with Crippen molar-refractivity contribution in [1.82, 2.24) is 5.43 Å². The number of urea groups is 1. The molecule has 0 atom stereocenters. The van der Waals surface area contributed by atoms with Crippen LogP contribution in [0.2, 0.25) is 5.02 Å². The quantitative estimate of drug-likeness (QED) is 0.659. The Hall–Kier alpha value is -2.27. The fraction of sp³-hybridized carbons (Fsp3) is 0. The van der Waals surface area contributed by atoms with Gasteiger partial charge >= 0.3 is 6.03 Å². The van der Waals surface area contributed by atoms with Crippen molar-refractivity contribution in [2.75, 3.05) is 0 Å². The first-order chi connectivity index (χ1) is 8.65. The van der Waals surface area contributed by atoms with Crippen molar-refractivity contribution in [2.45, 2.75) is 0 Å². The predicted molar refractivity (Wildman–Crippen MR) is 69.5 cm³/mol. The minimum atomic E-state index is -0.726. The lowest BCUT2D eigenvalue weighted by Crippen LogP contribution is -2.24. The number of primary amides is 1. The molecule has 18 heavy (non-hydrogen) atoms. The molecule has 1 aromatic heterocycles. The molecule has 6 heteroatoms. The Morgan fingerprint density at radius 2 is 2.00 bits per heavy atom. The number of carbonyl (C=O) groups is 1. The number of hydrogen-bond donors (Lipinski definition) is 2. The predicted octanol–water partition coefficient (Wildman–Crippen LogP) is 2.60. The van der Waals surface area contributed by atoms with Crippen molar-refractivity contribution in [3.63, 3.8) is 0 Å². The van der Waals surface area contributed by atoms with Gasteiger partial charge in [-0.25, -0.2) is 10.2 Å². The minimum absolute atomic E-state index is 0.508. The fourth-order valence-electron chi connectivity index (χ4n) is 1.35. The molecule has 0 unspecified atom stereocenters. The van der Waals surface area contributed by atoms with Crippen LogP contribution in [-0.4, -0.2) is 12.2 Å². The summed E-state index contributed by atoms with van der Waals surface area (Å²) < 4.78 is 5.51. The Morgan fingerprint density at radius 1 is 1.28 bits per heavy atom. The number of nitrogens with zero attached hydrogens (tertiary/aromatic N) is 1. The van der Waals surface area contributed by atoms with Crippen LogP contribution in [0.25, 0.3) is 11.3 Å². The van der Waals surface area contributed by atoms with E-state index in [9.17, 15) is 4.79 Å². The van der Waals surface area contributed by atoms with Gasteiger partial charge in [-0.3, -0.25) is 0 Å². The number of furan rings is 1. The van der Waals surface area contributed by atoms with Crippen LogP contribution >= 0.6 is 11.6 Å². The molecule has 0 aliphatic carbocycles. The van der Waals surface area contributed by atoms with Gasteiger partial charge in [-0.1, -0.05) is 11.6 Å². The molecule has 5 nitrogen and oxygen atoms in total. The lowest BCUT2D eigenvalue weighted by molar-refractivity contribution is 0.249. The Morgan fingerprint density at radius 3 is 2.67 bits per heavy atom. The summed E-state index contributed by atoms with van der Waals surface area (Å²) in [6.07, 6.45) is 1.37. The molecule has 0 fully saturated rings. The highest BCUT2D eigenvalue weighted by Crippen LogP contribution is 2.23. The Bertz CT molecular complexity index is 575. The number of carbonyl (C=O) groups excluding carboxylic acids is 1. The van der Waals surface area contributed by atoms with Gasteiger partial charge in [-0.05, 0) is 36.4 Å². The van der Waals surface area contributed by atoms with Crippen LogP contribution in [0.4, 0.5) is 4.79 Å². The number of hydrazone groups is 1. The van der Waals surface area contributed by atoms with Gasteiger partial charge in [0.25, 0.3) is 0 Å². The Kier molecular flexibility index (Phi) is 3.64. The summed E-state index contributed by atoms with van der Waals surface area (Å²) >= 11 is 5.80. The zero-order valence-electron chi connectivity index (χ0n) is 9.26. The van der Waals surface area contributed by atoms with Crippen LogP contribution in [-0.2, 0) is 0 Å². The van der Waals surface area contributed by atoms with Crippen molar-refractivity contribution < 1.29 is 9.21 Å². The van der Waals surface area contributed by atoms with Gasteiger partial charge in [0, 0.05) is 10.6 Å². The first-order valence-corrected chi connectivity index (χ1v) is 5.47. The highest BCUT2D eigenvalue weighted by Gasteiger charge is 2.03. The zero-order valence-corrected chi connectivity index (χ0v) is 10.0. The molecule has 0 aliphatic heterocycles. The van der Waals surface area contributed by atoms with Gasteiger partial charge in [0.05, 0.1) is 6.21 Å². The van der Waals surface area contributed by atoms with Gasteiger partial charge in [0.15, 0.2) is 0 Å². The lowest BCUT2D eigenvalue weighted by Gasteiger charge is -1.96. The van der Waals surface area contributed by atoms with Crippen LogP contribution in [0, 0.1) is 0 Å². The third kappa shape index (κ3) is 3.11. The van der Waals surface area contributed by atoms with Gasteiger partial charge < -0.3 is 10.2 Å². The molecule has 3 N–H and O–H groups in total. The molecule has 1 aromatic carbocycles. The van der Waals surface area contributed by atoms with E-state index >= 15 is 0 Å². The molecule has 0 aliphatic rings. The summed E-state index contributed by atoms with van der Waals surface area (Å²) in [4.78, 5) is 10.4. The van der Waals surface area contributed by atoms with Crippen molar-refractivity contribution in [2.24, 2.45) is 10.8 Å². The van der Waals surface area contributed by atoms with Crippen LogP contribution in [0.3, 0.4) is 0 Å². The molecule has 0 saturated carbocycles. The lowest BCUT2D eigenvalue weighted by atomic mass is 10.2. The second-order valence-corrected chi connectivity index (χ2v) is 3.88. The fourth-order valence-corrected chi connectivity index (χ4v) is 1.48. The summed E-state index contributed by atoms with van der Waals surface area (Å²) in [5.41, 5.74) is 7.85. The number of halogens is 1. The first-order valence-electron chi connectivity index (χ1n) is 5.09. The van der Waals surface area contributed by atoms with Crippen molar-refractivity contribution >= 4 is 23.8 Å². The second-order valence-electron chi connectivity index (χ2n) is 3.44. The van der Waals surface area contributed by atoms with Crippen molar-refractivity contribution in [3.8, 4) is 11.3 Å². The monoisotopic (exact) mass is 263 g/mol. The second kappa shape index (κ2) is 5.37. The maximum absolute atomic E-state index is 10.4. The van der Waals surface area contributed by atoms with Crippen LogP contribution in [0.5, 0.6) is 0 Å². The van der Waals surface area contributed by atoms with E-state index in [4.69, 9.17) is 21.8 Å². The number of nitrogens with one attached hydrogen (secondary N) is 1. The summed E-state index contributed by atoms with van der Waals surface area (Å²) in [5, 5.41) is 4.26. The minimum Gasteiger partial charge on any atom is -0.455 e. The molecule has 92 valence electrons. The molecular formula is C12H10ClN3O2. The van der Waals surface area contributed by atoms with E-state index < -0.39 is 6.03 Å². The summed E-state index contributed by atoms with van der Waals surface area (Å²) in [6, 6.07) is 10.1. The molecule has 1 heterocycles. The molecule has 0 saturated heterocycles. The van der Waals surface area contributed by atoms with Crippen LogP contribution in [0.15, 0.2) is 45.9 Å².